The molecule has 0 saturated carbocycles. The van der Waals surface area contributed by atoms with Crippen LogP contribution in [0.3, 0.4) is 0 Å². The minimum atomic E-state index is -4.66. The fraction of sp³-hybridized carbons (Fsp3) is 0.167. The van der Waals surface area contributed by atoms with Crippen LogP contribution in [0.4, 0.5) is 13.2 Å². The molecule has 0 aliphatic carbocycles. The van der Waals surface area contributed by atoms with Crippen molar-refractivity contribution in [2.45, 2.75) is 11.2 Å². The Balaban J connectivity index is 2.26. The van der Waals surface area contributed by atoms with Gasteiger partial charge in [0.1, 0.15) is 10.9 Å². The van der Waals surface area contributed by atoms with Gasteiger partial charge in [-0.2, -0.15) is 13.2 Å². The van der Waals surface area contributed by atoms with E-state index in [1.807, 2.05) is 0 Å². The van der Waals surface area contributed by atoms with Gasteiger partial charge in [-0.05, 0) is 12.1 Å². The number of nitrogens with two attached hydrogens (primary N) is 1. The molecule has 0 spiro atoms. The van der Waals surface area contributed by atoms with Crippen molar-refractivity contribution in [3.05, 3.63) is 30.1 Å². The van der Waals surface area contributed by atoms with Gasteiger partial charge >= 0.3 is 6.18 Å². The molecule has 2 heterocycles. The quantitative estimate of drug-likeness (QED) is 0.249. The van der Waals surface area contributed by atoms with Crippen LogP contribution in [0, 0.1) is 0 Å². The minimum absolute atomic E-state index is 0.0354. The first-order valence-corrected chi connectivity index (χ1v) is 7.20. The molecule has 0 atom stereocenters. The van der Waals surface area contributed by atoms with Crippen molar-refractivity contribution in [3.8, 4) is 0 Å². The number of benzene rings is 1. The Labute approximate surface area is 131 Å². The van der Waals surface area contributed by atoms with Crippen LogP contribution < -0.4 is 5.73 Å². The van der Waals surface area contributed by atoms with Crippen LogP contribution in [0.25, 0.3) is 16.7 Å². The van der Waals surface area contributed by atoms with Crippen molar-refractivity contribution in [3.63, 3.8) is 0 Å². The molecular formula is C12H9F3N6OS. The van der Waals surface area contributed by atoms with Crippen LogP contribution in [0.5, 0.6) is 0 Å². The van der Waals surface area contributed by atoms with E-state index in [1.165, 1.54) is 6.07 Å². The number of hydrogen-bond acceptors (Lipinski definition) is 6. The first kappa shape index (κ1) is 15.3. The summed E-state index contributed by atoms with van der Waals surface area (Å²) in [7, 11) is 0. The highest BCUT2D eigenvalue weighted by Gasteiger charge is 2.38. The third-order valence-corrected chi connectivity index (χ3v) is 3.93. The van der Waals surface area contributed by atoms with Crippen molar-refractivity contribution in [1.82, 2.24) is 19.6 Å². The lowest BCUT2D eigenvalue weighted by atomic mass is 10.3. The molecule has 0 fully saturated rings. The Morgan fingerprint density at radius 3 is 2.74 bits per heavy atom. The van der Waals surface area contributed by atoms with Gasteiger partial charge in [-0.3, -0.25) is 4.40 Å². The van der Waals surface area contributed by atoms with E-state index in [0.717, 1.165) is 16.2 Å². The van der Waals surface area contributed by atoms with Crippen molar-refractivity contribution >= 4 is 34.3 Å². The average Bonchev–Trinajstić information content (AvgIpc) is 2.97. The Morgan fingerprint density at radius 2 is 2.04 bits per heavy atom. The molecule has 0 aliphatic rings. The van der Waals surface area contributed by atoms with Gasteiger partial charge in [-0.15, -0.1) is 10.2 Å². The van der Waals surface area contributed by atoms with Crippen molar-refractivity contribution in [2.24, 2.45) is 10.9 Å². The van der Waals surface area contributed by atoms with E-state index in [9.17, 15) is 13.2 Å². The molecule has 2 aromatic heterocycles. The summed E-state index contributed by atoms with van der Waals surface area (Å²) in [5, 5.41) is 18.4. The van der Waals surface area contributed by atoms with Crippen molar-refractivity contribution < 1.29 is 18.4 Å². The summed E-state index contributed by atoms with van der Waals surface area (Å²) >= 11 is 1.00. The molecule has 0 saturated heterocycles. The van der Waals surface area contributed by atoms with Crippen molar-refractivity contribution in [1.29, 1.82) is 0 Å². The normalized spacial score (nSPS) is 13.1. The predicted molar refractivity (Wildman–Crippen MR) is 77.4 cm³/mol. The summed E-state index contributed by atoms with van der Waals surface area (Å²) in [6.07, 6.45) is -4.66. The molecule has 0 amide bonds. The van der Waals surface area contributed by atoms with Crippen molar-refractivity contribution in [2.75, 3.05) is 5.75 Å². The molecule has 0 unspecified atom stereocenters. The monoisotopic (exact) mass is 342 g/mol. The minimum Gasteiger partial charge on any atom is -0.409 e. The smallest absolute Gasteiger partial charge is 0.409 e. The summed E-state index contributed by atoms with van der Waals surface area (Å²) in [5.41, 5.74) is 5.94. The zero-order valence-electron chi connectivity index (χ0n) is 11.3. The predicted octanol–water partition coefficient (Wildman–Crippen LogP) is 2.13. The molecule has 0 radical (unpaired) electrons. The van der Waals surface area contributed by atoms with E-state index in [0.29, 0.717) is 5.52 Å². The zero-order chi connectivity index (χ0) is 16.6. The zero-order valence-corrected chi connectivity index (χ0v) is 12.1. The molecule has 120 valence electrons. The van der Waals surface area contributed by atoms with Crippen LogP contribution in [0.1, 0.15) is 5.82 Å². The highest BCUT2D eigenvalue weighted by atomic mass is 32.2. The number of amidine groups is 1. The number of rotatable bonds is 3. The fourth-order valence-corrected chi connectivity index (χ4v) is 2.78. The Kier molecular flexibility index (Phi) is 3.72. The largest absolute Gasteiger partial charge is 0.452 e. The fourth-order valence-electron chi connectivity index (χ4n) is 2.01. The van der Waals surface area contributed by atoms with Gasteiger partial charge < -0.3 is 10.9 Å². The van der Waals surface area contributed by atoms with E-state index in [2.05, 4.69) is 20.3 Å². The first-order valence-electron chi connectivity index (χ1n) is 6.22. The number of para-hydroxylation sites is 2. The number of fused-ring (bicyclic) bond motifs is 3. The van der Waals surface area contributed by atoms with E-state index in [4.69, 9.17) is 10.9 Å². The standard InChI is InChI=1S/C12H9F3N6OS/c13-12(14,15)11-19-18-9-10(23-5-8(16)20-22)17-6-3-1-2-4-7(6)21(9)11/h1-4,22H,5H2,(H2,16,20). The van der Waals surface area contributed by atoms with E-state index < -0.39 is 12.0 Å². The lowest BCUT2D eigenvalue weighted by Crippen LogP contribution is -2.15. The molecular weight excluding hydrogens is 333 g/mol. The van der Waals surface area contributed by atoms with Crippen LogP contribution >= 0.6 is 11.8 Å². The van der Waals surface area contributed by atoms with E-state index in [-0.39, 0.29) is 27.8 Å². The maximum atomic E-state index is 13.2. The van der Waals surface area contributed by atoms with Crippen LogP contribution in [0.15, 0.2) is 34.4 Å². The second kappa shape index (κ2) is 5.57. The summed E-state index contributed by atoms with van der Waals surface area (Å²) < 4.78 is 40.4. The highest BCUT2D eigenvalue weighted by molar-refractivity contribution is 8.00. The van der Waals surface area contributed by atoms with E-state index >= 15 is 0 Å². The van der Waals surface area contributed by atoms with Gasteiger partial charge in [0.05, 0.1) is 16.8 Å². The van der Waals surface area contributed by atoms with Gasteiger partial charge in [-0.25, -0.2) is 4.98 Å². The molecule has 3 N–H and O–H groups in total. The van der Waals surface area contributed by atoms with E-state index in [1.54, 1.807) is 18.2 Å². The molecule has 3 aromatic rings. The molecule has 1 aromatic carbocycles. The number of oxime groups is 1. The number of thioether (sulfide) groups is 1. The van der Waals surface area contributed by atoms with Crippen LogP contribution in [-0.4, -0.2) is 36.4 Å². The Bertz CT molecular complexity index is 907. The lowest BCUT2D eigenvalue weighted by Gasteiger charge is -2.09. The Morgan fingerprint density at radius 1 is 1.30 bits per heavy atom. The third kappa shape index (κ3) is 2.74. The van der Waals surface area contributed by atoms with Gasteiger partial charge in [0.2, 0.25) is 5.82 Å². The van der Waals surface area contributed by atoms with Gasteiger partial charge in [-0.1, -0.05) is 29.1 Å². The van der Waals surface area contributed by atoms with Crippen LogP contribution in [0.2, 0.25) is 0 Å². The van der Waals surface area contributed by atoms with Crippen LogP contribution in [-0.2, 0) is 6.18 Å². The molecule has 7 nitrogen and oxygen atoms in total. The molecule has 11 heteroatoms. The summed E-state index contributed by atoms with van der Waals surface area (Å²) in [5.74, 6) is -1.17. The average molecular weight is 342 g/mol. The number of halogens is 3. The Hall–Kier alpha value is -2.56. The van der Waals surface area contributed by atoms with Gasteiger partial charge in [0, 0.05) is 0 Å². The summed E-state index contributed by atoms with van der Waals surface area (Å²) in [6.45, 7) is 0. The lowest BCUT2D eigenvalue weighted by molar-refractivity contribution is -0.145. The molecule has 3 rings (SSSR count). The number of alkyl halides is 3. The second-order valence-corrected chi connectivity index (χ2v) is 5.43. The molecule has 0 aliphatic heterocycles. The van der Waals surface area contributed by atoms with Gasteiger partial charge in [0.25, 0.3) is 0 Å². The summed E-state index contributed by atoms with van der Waals surface area (Å²) in [4.78, 5) is 4.29. The third-order valence-electron chi connectivity index (χ3n) is 2.94. The topological polar surface area (TPSA) is 102 Å². The maximum absolute atomic E-state index is 13.2. The van der Waals surface area contributed by atoms with Gasteiger partial charge in [0.15, 0.2) is 5.65 Å². The highest BCUT2D eigenvalue weighted by Crippen LogP contribution is 2.32. The molecule has 23 heavy (non-hydrogen) atoms. The maximum Gasteiger partial charge on any atom is 0.452 e. The number of hydrogen-bond donors (Lipinski definition) is 2. The summed E-state index contributed by atoms with van der Waals surface area (Å²) in [6, 6.07) is 6.36. The SMILES string of the molecule is N/C(CSc1nc2ccccc2n2c(C(F)(F)F)nnc12)=N\O. The number of aromatic nitrogens is 4. The number of nitrogens with zero attached hydrogens (tertiary/aromatic N) is 5. The first-order chi connectivity index (χ1) is 10.9. The molecule has 0 bridgehead atoms. The second-order valence-electron chi connectivity index (χ2n) is 4.47.